The number of aliphatic hydroxyl groups excluding tert-OH is 1. The Bertz CT molecular complexity index is 469. The molecule has 0 saturated heterocycles. The molecule has 0 fully saturated rings. The van der Waals surface area contributed by atoms with Crippen LogP contribution in [0.2, 0.25) is 18.1 Å². The average molecular weight is 308 g/mol. The zero-order valence-electron chi connectivity index (χ0n) is 13.9. The van der Waals surface area contributed by atoms with Crippen molar-refractivity contribution in [3.8, 4) is 0 Å². The van der Waals surface area contributed by atoms with Crippen molar-refractivity contribution in [1.29, 1.82) is 0 Å². The molecule has 2 atom stereocenters. The number of aliphatic hydroxyl groups is 1. The number of hydrogen-bond donors (Lipinski definition) is 1. The van der Waals surface area contributed by atoms with E-state index in [9.17, 15) is 9.90 Å². The molecule has 21 heavy (non-hydrogen) atoms. The largest absolute Gasteiger partial charge is 0.410 e. The van der Waals surface area contributed by atoms with E-state index < -0.39 is 14.4 Å². The fourth-order valence-electron chi connectivity index (χ4n) is 2.27. The summed E-state index contributed by atoms with van der Waals surface area (Å²) in [6, 6.07) is 0. The van der Waals surface area contributed by atoms with Crippen LogP contribution in [0.1, 0.15) is 33.6 Å². The third-order valence-electron chi connectivity index (χ3n) is 4.53. The van der Waals surface area contributed by atoms with E-state index in [4.69, 9.17) is 4.43 Å². The van der Waals surface area contributed by atoms with Gasteiger partial charge in [-0.25, -0.2) is 0 Å². The van der Waals surface area contributed by atoms with Gasteiger partial charge >= 0.3 is 0 Å². The second-order valence-electron chi connectivity index (χ2n) is 7.11. The van der Waals surface area contributed by atoms with Gasteiger partial charge in [-0.05, 0) is 30.1 Å². The van der Waals surface area contributed by atoms with E-state index in [1.807, 2.05) is 0 Å². The van der Waals surface area contributed by atoms with E-state index in [-0.39, 0.29) is 16.9 Å². The van der Waals surface area contributed by atoms with E-state index in [1.54, 1.807) is 6.08 Å². The Morgan fingerprint density at radius 1 is 1.43 bits per heavy atom. The van der Waals surface area contributed by atoms with E-state index in [0.29, 0.717) is 18.4 Å². The van der Waals surface area contributed by atoms with Crippen LogP contribution < -0.4 is 0 Å². The number of ketones is 1. The molecule has 1 N–H and O–H groups in total. The van der Waals surface area contributed by atoms with Crippen molar-refractivity contribution in [3.05, 3.63) is 36.5 Å². The molecule has 1 rings (SSSR count). The lowest BCUT2D eigenvalue weighted by Crippen LogP contribution is -2.44. The van der Waals surface area contributed by atoms with E-state index >= 15 is 0 Å². The fraction of sp³-hybridized carbons (Fsp3) is 0.588. The lowest BCUT2D eigenvalue weighted by atomic mass is 10.0. The summed E-state index contributed by atoms with van der Waals surface area (Å²) in [5, 5.41) is 10.1. The van der Waals surface area contributed by atoms with Gasteiger partial charge in [-0.3, -0.25) is 4.79 Å². The van der Waals surface area contributed by atoms with E-state index in [2.05, 4.69) is 47.0 Å². The second kappa shape index (κ2) is 6.42. The predicted octanol–water partition coefficient (Wildman–Crippen LogP) is 3.77. The molecule has 1 aliphatic rings. The molecule has 0 spiro atoms. The first-order chi connectivity index (χ1) is 9.55. The van der Waals surface area contributed by atoms with Crippen LogP contribution in [-0.4, -0.2) is 31.4 Å². The molecule has 1 aliphatic carbocycles. The molecule has 0 bridgehead atoms. The summed E-state index contributed by atoms with van der Waals surface area (Å²) < 4.78 is 6.39. The van der Waals surface area contributed by atoms with Crippen LogP contribution in [0, 0.1) is 0 Å². The molecular formula is C17H28O3Si. The third-order valence-corrected chi connectivity index (χ3v) is 9.02. The van der Waals surface area contributed by atoms with Crippen LogP contribution in [0.3, 0.4) is 0 Å². The van der Waals surface area contributed by atoms with Gasteiger partial charge in [0.15, 0.2) is 14.1 Å². The molecule has 0 aromatic rings. The topological polar surface area (TPSA) is 46.5 Å². The smallest absolute Gasteiger partial charge is 0.192 e. The highest BCUT2D eigenvalue weighted by Gasteiger charge is 2.43. The van der Waals surface area contributed by atoms with Crippen molar-refractivity contribution in [2.45, 2.75) is 64.0 Å². The van der Waals surface area contributed by atoms with Crippen molar-refractivity contribution >= 4 is 14.1 Å². The number of hydrogen-bond acceptors (Lipinski definition) is 3. The normalized spacial score (nSPS) is 21.6. The maximum atomic E-state index is 12.2. The minimum atomic E-state index is -1.97. The molecule has 4 heteroatoms. The first-order valence-electron chi connectivity index (χ1n) is 7.40. The lowest BCUT2D eigenvalue weighted by molar-refractivity contribution is -0.116. The third kappa shape index (κ3) is 3.81. The van der Waals surface area contributed by atoms with Crippen LogP contribution >= 0.6 is 0 Å². The predicted molar refractivity (Wildman–Crippen MR) is 89.7 cm³/mol. The van der Waals surface area contributed by atoms with Gasteiger partial charge in [-0.1, -0.05) is 32.9 Å². The monoisotopic (exact) mass is 308 g/mol. The van der Waals surface area contributed by atoms with E-state index in [0.717, 1.165) is 5.57 Å². The Morgan fingerprint density at radius 2 is 2.00 bits per heavy atom. The number of carbonyl (C=O) groups excluding carboxylic acids is 1. The fourth-order valence-corrected chi connectivity index (χ4v) is 3.56. The van der Waals surface area contributed by atoms with Crippen LogP contribution in [0.15, 0.2) is 36.5 Å². The van der Waals surface area contributed by atoms with Crippen molar-refractivity contribution in [3.63, 3.8) is 0 Å². The quantitative estimate of drug-likeness (QED) is 0.600. The number of rotatable bonds is 6. The van der Waals surface area contributed by atoms with Gasteiger partial charge in [0.2, 0.25) is 0 Å². The van der Waals surface area contributed by atoms with Crippen LogP contribution in [0.4, 0.5) is 0 Å². The van der Waals surface area contributed by atoms with Gasteiger partial charge in [0, 0.05) is 12.0 Å². The Balaban J connectivity index is 3.14. The van der Waals surface area contributed by atoms with Crippen molar-refractivity contribution in [2.75, 3.05) is 0 Å². The Kier molecular flexibility index (Phi) is 5.53. The Labute approximate surface area is 129 Å². The first-order valence-corrected chi connectivity index (χ1v) is 10.3. The second-order valence-corrected chi connectivity index (χ2v) is 11.9. The van der Waals surface area contributed by atoms with Gasteiger partial charge in [-0.15, -0.1) is 13.2 Å². The van der Waals surface area contributed by atoms with Gasteiger partial charge in [0.05, 0.1) is 6.10 Å². The Hall–Kier alpha value is -0.973. The highest BCUT2D eigenvalue weighted by atomic mass is 28.4. The lowest BCUT2D eigenvalue weighted by Gasteiger charge is -2.39. The number of Topliss-reactive ketones (excluding diaryl/α,β-unsaturated/α-hetero) is 1. The van der Waals surface area contributed by atoms with Crippen LogP contribution in [0.25, 0.3) is 0 Å². The molecule has 0 heterocycles. The van der Waals surface area contributed by atoms with E-state index in [1.165, 1.54) is 6.08 Å². The molecule has 0 aromatic heterocycles. The van der Waals surface area contributed by atoms with Crippen molar-refractivity contribution < 1.29 is 14.3 Å². The molecule has 0 radical (unpaired) electrons. The molecular weight excluding hydrogens is 280 g/mol. The summed E-state index contributed by atoms with van der Waals surface area (Å²) in [6.45, 7) is 18.2. The highest BCUT2D eigenvalue weighted by Crippen LogP contribution is 2.41. The molecule has 0 aliphatic heterocycles. The molecule has 118 valence electrons. The summed E-state index contributed by atoms with van der Waals surface area (Å²) in [6.07, 6.45) is 2.87. The summed E-state index contributed by atoms with van der Waals surface area (Å²) in [4.78, 5) is 12.2. The van der Waals surface area contributed by atoms with Crippen molar-refractivity contribution in [1.82, 2.24) is 0 Å². The van der Waals surface area contributed by atoms with Crippen molar-refractivity contribution in [2.24, 2.45) is 0 Å². The minimum absolute atomic E-state index is 0.0389. The summed E-state index contributed by atoms with van der Waals surface area (Å²) >= 11 is 0. The molecule has 0 aromatic carbocycles. The molecule has 3 nitrogen and oxygen atoms in total. The maximum Gasteiger partial charge on any atom is 0.192 e. The SMILES string of the molecule is C=CCC1=C(C(O)C=C)C(=O)CC1O[Si](C)(C)C(C)(C)C. The minimum Gasteiger partial charge on any atom is -0.410 e. The first kappa shape index (κ1) is 18.1. The van der Waals surface area contributed by atoms with Gasteiger partial charge < -0.3 is 9.53 Å². The highest BCUT2D eigenvalue weighted by molar-refractivity contribution is 6.74. The van der Waals surface area contributed by atoms with Crippen LogP contribution in [0.5, 0.6) is 0 Å². The number of allylic oxidation sites excluding steroid dienone is 1. The molecule has 2 unspecified atom stereocenters. The van der Waals surface area contributed by atoms with Crippen LogP contribution in [-0.2, 0) is 9.22 Å². The maximum absolute atomic E-state index is 12.2. The average Bonchev–Trinajstić information content (AvgIpc) is 2.63. The Morgan fingerprint density at radius 3 is 2.43 bits per heavy atom. The van der Waals surface area contributed by atoms with Gasteiger partial charge in [0.1, 0.15) is 6.10 Å². The molecule has 0 amide bonds. The summed E-state index contributed by atoms with van der Waals surface area (Å²) in [7, 11) is -1.97. The van der Waals surface area contributed by atoms with Gasteiger partial charge in [0.25, 0.3) is 0 Å². The zero-order valence-corrected chi connectivity index (χ0v) is 14.9. The standard InChI is InChI=1S/C17H28O3Si/c1-8-10-12-15(20-21(6,7)17(3,4)5)11-14(19)16(12)13(18)9-2/h8-9,13,15,18H,1-2,10-11H2,3-7H3. The summed E-state index contributed by atoms with van der Waals surface area (Å²) in [5.41, 5.74) is 1.32. The van der Waals surface area contributed by atoms with Gasteiger partial charge in [-0.2, -0.15) is 0 Å². The molecule has 0 saturated carbocycles. The summed E-state index contributed by atoms with van der Waals surface area (Å²) in [5.74, 6) is -0.0389. The zero-order chi connectivity index (χ0) is 16.4. The number of carbonyl (C=O) groups is 1.